The Labute approximate surface area is 427 Å². The number of amides is 6. The van der Waals surface area contributed by atoms with Crippen molar-refractivity contribution < 1.29 is 67.1 Å². The van der Waals surface area contributed by atoms with Gasteiger partial charge in [0.25, 0.3) is 17.7 Å². The van der Waals surface area contributed by atoms with E-state index in [1.54, 1.807) is 64.8 Å². The number of alkyl carbamates (subject to hydrolysis) is 1. The molecule has 0 spiro atoms. The minimum absolute atomic E-state index is 0.00709. The number of aryl methyl sites for hydroxylation is 2. The maximum absolute atomic E-state index is 14.0. The molecule has 3 aliphatic rings. The fourth-order valence-electron chi connectivity index (χ4n) is 8.76. The standard InChI is InChI=1S/C52H62N8O14/c1-7-19-73-51(66)54-32(3)50(65)72-22-11-18-53-46(62)39-24-34(29-57(39)4)33-14-16-35(17-15-33)56-47(63)40-25-36(30-58(40)5)55-44(61)12-10-21-70-43-27-38-37(26-42(43)69-6)48(64)59-28-31(2)23-41(59)49(60(38)52(67)68)74-45-13-8-9-20-71-45/h7,14-17,24-27,29-30,32,41,45,49H,1-2,8-13,18-23,28H2,3-6H3,(H,53,62)(H,54,66)(H,55,61)(H,56,63)(H,67,68). The van der Waals surface area contributed by atoms with Gasteiger partial charge < -0.3 is 68.8 Å². The molecule has 2 saturated heterocycles. The van der Waals surface area contributed by atoms with E-state index >= 15 is 0 Å². The molecule has 5 N–H and O–H groups in total. The third-order valence-electron chi connectivity index (χ3n) is 12.5. The molecule has 0 aliphatic carbocycles. The summed E-state index contributed by atoms with van der Waals surface area (Å²) in [6.45, 7) is 10.0. The molecule has 2 aromatic carbocycles. The third-order valence-corrected chi connectivity index (χ3v) is 12.5. The molecule has 4 aromatic rings. The van der Waals surface area contributed by atoms with Gasteiger partial charge >= 0.3 is 18.2 Å². The minimum Gasteiger partial charge on any atom is -0.493 e. The van der Waals surface area contributed by atoms with E-state index in [1.165, 1.54) is 32.2 Å². The highest BCUT2D eigenvalue weighted by atomic mass is 16.7. The van der Waals surface area contributed by atoms with Crippen LogP contribution in [-0.2, 0) is 42.6 Å². The van der Waals surface area contributed by atoms with Gasteiger partial charge in [-0.25, -0.2) is 19.3 Å². The number of rotatable bonds is 21. The van der Waals surface area contributed by atoms with Gasteiger partial charge in [0.15, 0.2) is 24.0 Å². The van der Waals surface area contributed by atoms with Crippen LogP contribution in [0.2, 0.25) is 0 Å². The second-order valence-electron chi connectivity index (χ2n) is 18.0. The van der Waals surface area contributed by atoms with Crippen LogP contribution in [0.3, 0.4) is 0 Å². The van der Waals surface area contributed by atoms with E-state index in [0.717, 1.165) is 34.4 Å². The van der Waals surface area contributed by atoms with Gasteiger partial charge in [0.05, 0.1) is 43.3 Å². The van der Waals surface area contributed by atoms with E-state index in [9.17, 15) is 38.7 Å². The second-order valence-corrected chi connectivity index (χ2v) is 18.0. The first-order valence-electron chi connectivity index (χ1n) is 24.2. The van der Waals surface area contributed by atoms with E-state index in [2.05, 4.69) is 34.4 Å². The van der Waals surface area contributed by atoms with Crippen LogP contribution >= 0.6 is 0 Å². The zero-order valence-electron chi connectivity index (χ0n) is 41.8. The number of carboxylic acid groups (broad SMARTS) is 1. The first kappa shape index (κ1) is 53.7. The van der Waals surface area contributed by atoms with Crippen molar-refractivity contribution in [3.05, 3.63) is 103 Å². The van der Waals surface area contributed by atoms with Crippen molar-refractivity contribution in [1.82, 2.24) is 24.7 Å². The predicted octanol–water partition coefficient (Wildman–Crippen LogP) is 6.19. The first-order chi connectivity index (χ1) is 35.5. The molecule has 2 aromatic heterocycles. The van der Waals surface area contributed by atoms with Crippen molar-refractivity contribution in [3.63, 3.8) is 0 Å². The van der Waals surface area contributed by atoms with Crippen molar-refractivity contribution in [2.75, 3.05) is 62.2 Å². The number of hydrogen-bond acceptors (Lipinski definition) is 13. The van der Waals surface area contributed by atoms with E-state index in [4.69, 9.17) is 28.4 Å². The topological polar surface area (TPSA) is 260 Å². The van der Waals surface area contributed by atoms with Gasteiger partial charge in [-0.3, -0.25) is 19.2 Å². The zero-order chi connectivity index (χ0) is 53.1. The monoisotopic (exact) mass is 1020 g/mol. The van der Waals surface area contributed by atoms with Crippen LogP contribution < -0.4 is 35.6 Å². The number of hydrogen-bond donors (Lipinski definition) is 5. The number of methoxy groups -OCH3 is 1. The summed E-state index contributed by atoms with van der Waals surface area (Å²) in [4.78, 5) is 92.9. The molecule has 0 radical (unpaired) electrons. The maximum Gasteiger partial charge on any atom is 0.414 e. The summed E-state index contributed by atoms with van der Waals surface area (Å²) in [5.41, 5.74) is 4.12. The number of benzene rings is 2. The summed E-state index contributed by atoms with van der Waals surface area (Å²) in [5, 5.41) is 21.5. The van der Waals surface area contributed by atoms with Crippen LogP contribution in [0.5, 0.6) is 11.5 Å². The summed E-state index contributed by atoms with van der Waals surface area (Å²) in [5.74, 6) is -1.73. The number of aromatic nitrogens is 2. The van der Waals surface area contributed by atoms with Crippen molar-refractivity contribution in [3.8, 4) is 22.6 Å². The molecule has 2 fully saturated rings. The number of ether oxygens (including phenoxy) is 6. The molecule has 4 atom stereocenters. The summed E-state index contributed by atoms with van der Waals surface area (Å²) >= 11 is 0. The van der Waals surface area contributed by atoms with Gasteiger partial charge in [0, 0.05) is 69.9 Å². The second kappa shape index (κ2) is 24.5. The van der Waals surface area contributed by atoms with Crippen LogP contribution in [0.4, 0.5) is 26.7 Å². The molecule has 5 heterocycles. The zero-order valence-corrected chi connectivity index (χ0v) is 41.8. The van der Waals surface area contributed by atoms with Crippen LogP contribution in [0.1, 0.15) is 83.2 Å². The largest absolute Gasteiger partial charge is 0.493 e. The summed E-state index contributed by atoms with van der Waals surface area (Å²) in [6.07, 6.45) is 4.30. The lowest BCUT2D eigenvalue weighted by molar-refractivity contribution is -0.195. The van der Waals surface area contributed by atoms with Crippen molar-refractivity contribution >= 4 is 58.8 Å². The summed E-state index contributed by atoms with van der Waals surface area (Å²) in [6, 6.07) is 11.7. The van der Waals surface area contributed by atoms with E-state index < -0.39 is 54.6 Å². The average Bonchev–Trinajstić information content (AvgIpc) is 4.07. The Hall–Kier alpha value is -8.11. The molecule has 74 heavy (non-hydrogen) atoms. The Bertz CT molecular complexity index is 2760. The van der Waals surface area contributed by atoms with Gasteiger partial charge in [-0.15, -0.1) is 0 Å². The van der Waals surface area contributed by atoms with Crippen LogP contribution in [-0.4, -0.2) is 132 Å². The van der Waals surface area contributed by atoms with Gasteiger partial charge in [0.2, 0.25) is 5.91 Å². The molecule has 0 bridgehead atoms. The smallest absolute Gasteiger partial charge is 0.414 e. The summed E-state index contributed by atoms with van der Waals surface area (Å²) < 4.78 is 37.1. The lowest BCUT2D eigenvalue weighted by Gasteiger charge is -2.37. The number of carbonyl (C=O) groups excluding carboxylic acids is 6. The average molecular weight is 1020 g/mol. The number of nitrogens with one attached hydrogen (secondary N) is 4. The molecule has 6 amide bonds. The highest BCUT2D eigenvalue weighted by Crippen LogP contribution is 2.43. The van der Waals surface area contributed by atoms with Crippen molar-refractivity contribution in [1.29, 1.82) is 0 Å². The Morgan fingerprint density at radius 2 is 1.65 bits per heavy atom. The van der Waals surface area contributed by atoms with Crippen molar-refractivity contribution in [2.45, 2.75) is 76.5 Å². The third kappa shape index (κ3) is 13.1. The quantitative estimate of drug-likeness (QED) is 0.0354. The molecule has 22 nitrogen and oxygen atoms in total. The molecular weight excluding hydrogens is 961 g/mol. The number of fused-ring (bicyclic) bond motifs is 2. The molecule has 0 saturated carbocycles. The highest BCUT2D eigenvalue weighted by Gasteiger charge is 2.48. The maximum atomic E-state index is 14.0. The predicted molar refractivity (Wildman–Crippen MR) is 270 cm³/mol. The first-order valence-corrected chi connectivity index (χ1v) is 24.2. The summed E-state index contributed by atoms with van der Waals surface area (Å²) in [7, 11) is 4.84. The van der Waals surface area contributed by atoms with E-state index in [0.29, 0.717) is 42.9 Å². The molecular formula is C52H62N8O14. The highest BCUT2D eigenvalue weighted by molar-refractivity contribution is 6.06. The lowest BCUT2D eigenvalue weighted by Crippen LogP contribution is -2.53. The van der Waals surface area contributed by atoms with Gasteiger partial charge in [0.1, 0.15) is 24.0 Å². The number of carbonyl (C=O) groups is 7. The number of anilines is 3. The van der Waals surface area contributed by atoms with Gasteiger partial charge in [-0.1, -0.05) is 36.9 Å². The fraction of sp³-hybridized carbons (Fsp3) is 0.404. The van der Waals surface area contributed by atoms with E-state index in [1.807, 2.05) is 12.1 Å². The van der Waals surface area contributed by atoms with Gasteiger partial charge in [-0.2, -0.15) is 0 Å². The Balaban J connectivity index is 0.882. The minimum atomic E-state index is -1.32. The Morgan fingerprint density at radius 3 is 2.36 bits per heavy atom. The molecule has 394 valence electrons. The number of esters is 1. The molecule has 3 aliphatic heterocycles. The Kier molecular flexibility index (Phi) is 17.8. The fourth-order valence-corrected chi connectivity index (χ4v) is 8.76. The normalized spacial score (nSPS) is 17.5. The lowest BCUT2D eigenvalue weighted by atomic mass is 10.1. The van der Waals surface area contributed by atoms with Gasteiger partial charge in [-0.05, 0) is 81.3 Å². The molecule has 7 rings (SSSR count). The van der Waals surface area contributed by atoms with Crippen molar-refractivity contribution in [2.24, 2.45) is 14.1 Å². The van der Waals surface area contributed by atoms with Crippen LogP contribution in [0.25, 0.3) is 11.1 Å². The molecule has 22 heteroatoms. The Morgan fingerprint density at radius 1 is 0.892 bits per heavy atom. The van der Waals surface area contributed by atoms with Crippen LogP contribution in [0, 0.1) is 0 Å². The van der Waals surface area contributed by atoms with Crippen LogP contribution in [0.15, 0.2) is 85.7 Å². The SMILES string of the molecule is C=CCOC(=O)NC(C)C(=O)OCCCNC(=O)c1cc(-c2ccc(NC(=O)c3cc(NC(=O)CCCOc4cc5c(cc4OC)C(=O)N4CC(=C)CC4C(OC4CCCCO4)N5C(=O)O)cn3C)cc2)cn1C. The molecule has 4 unspecified atom stereocenters. The number of nitrogens with zero attached hydrogens (tertiary/aromatic N) is 4. The van der Waals surface area contributed by atoms with E-state index in [-0.39, 0.29) is 86.0 Å².